The molecule has 0 bridgehead atoms. The zero-order chi connectivity index (χ0) is 25.9. The van der Waals surface area contributed by atoms with Crippen LogP contribution in [0.4, 0.5) is 5.69 Å². The van der Waals surface area contributed by atoms with E-state index in [9.17, 15) is 9.59 Å². The number of anilines is 1. The third-order valence-corrected chi connectivity index (χ3v) is 11.4. The van der Waals surface area contributed by atoms with Crippen LogP contribution in [0.1, 0.15) is 22.6 Å². The Labute approximate surface area is 253 Å². The van der Waals surface area contributed by atoms with Crippen LogP contribution < -0.4 is 5.32 Å². The Morgan fingerprint density at radius 3 is 2.49 bits per heavy atom. The molecule has 3 aromatic carbocycles. The van der Waals surface area contributed by atoms with E-state index in [2.05, 4.69) is 86.1 Å². The van der Waals surface area contributed by atoms with Gasteiger partial charge in [-0.05, 0) is 85.5 Å². The van der Waals surface area contributed by atoms with Crippen LogP contribution in [0.25, 0.3) is 6.08 Å². The summed E-state index contributed by atoms with van der Waals surface area (Å²) >= 11 is 16.2. The van der Waals surface area contributed by atoms with E-state index in [1.165, 1.54) is 0 Å². The molecule has 6 rings (SSSR count). The molecule has 2 fully saturated rings. The highest BCUT2D eigenvalue weighted by Gasteiger charge is 2.69. The van der Waals surface area contributed by atoms with E-state index >= 15 is 0 Å². The van der Waals surface area contributed by atoms with Crippen molar-refractivity contribution in [3.8, 4) is 0 Å². The Kier molecular flexibility index (Phi) is 7.08. The van der Waals surface area contributed by atoms with Crippen LogP contribution >= 0.6 is 75.5 Å². The summed E-state index contributed by atoms with van der Waals surface area (Å²) in [5.74, 6) is 0.627. The quantitative estimate of drug-likeness (QED) is 0.274. The topological polar surface area (TPSA) is 49.4 Å². The number of carbonyl (C=O) groups is 2. The van der Waals surface area contributed by atoms with E-state index in [1.54, 1.807) is 6.08 Å². The molecular formula is C28H20Br4N2O2S. The van der Waals surface area contributed by atoms with Gasteiger partial charge in [-0.1, -0.05) is 62.2 Å². The van der Waals surface area contributed by atoms with Gasteiger partial charge in [0.25, 0.3) is 0 Å². The first kappa shape index (κ1) is 26.0. The van der Waals surface area contributed by atoms with Gasteiger partial charge in [0.05, 0.1) is 5.92 Å². The fraction of sp³-hybridized carbons (Fsp3) is 0.214. The van der Waals surface area contributed by atoms with Crippen molar-refractivity contribution >= 4 is 98.9 Å². The van der Waals surface area contributed by atoms with E-state index in [4.69, 9.17) is 0 Å². The molecule has 2 saturated heterocycles. The first-order chi connectivity index (χ1) is 17.8. The lowest BCUT2D eigenvalue weighted by molar-refractivity contribution is -0.134. The van der Waals surface area contributed by atoms with Crippen LogP contribution in [0.5, 0.6) is 0 Å². The number of nitrogens with one attached hydrogen (secondary N) is 1. The number of carbonyl (C=O) groups excluding carboxylic acids is 2. The van der Waals surface area contributed by atoms with Gasteiger partial charge in [0.1, 0.15) is 5.54 Å². The third-order valence-electron chi connectivity index (χ3n) is 7.49. The van der Waals surface area contributed by atoms with Gasteiger partial charge in [-0.2, -0.15) is 0 Å². The van der Waals surface area contributed by atoms with E-state index < -0.39 is 11.5 Å². The van der Waals surface area contributed by atoms with Crippen molar-refractivity contribution in [1.82, 2.24) is 4.90 Å². The SMILES string of the molecule is O=C(/C=C/c1cccc(Br)c1)[C@H]1[C@H](c2cccc(Br)c2)C2CSCN2[C@]12C(=O)Nc1cc(Br)c(Br)cc12. The van der Waals surface area contributed by atoms with Gasteiger partial charge in [-0.25, -0.2) is 0 Å². The standard InChI is InChI=1S/C28H20Br4N2O2S/c29-17-5-1-3-15(9-17)7-8-24(35)26-25(16-4-2-6-18(30)10-16)23-13-37-14-34(23)28(26)19-11-20(31)21(32)12-22(19)33-27(28)36/h1-12,23,25-26H,13-14H2,(H,33,36)/b8-7+/t23?,25-,26+,28+/m1/s1. The van der Waals surface area contributed by atoms with E-state index in [-0.39, 0.29) is 23.7 Å². The largest absolute Gasteiger partial charge is 0.324 e. The summed E-state index contributed by atoms with van der Waals surface area (Å²) in [6, 6.07) is 20.0. The van der Waals surface area contributed by atoms with Gasteiger partial charge in [0.2, 0.25) is 5.91 Å². The van der Waals surface area contributed by atoms with Gasteiger partial charge in [0.15, 0.2) is 5.78 Å². The molecule has 0 aliphatic carbocycles. The Bertz CT molecular complexity index is 1480. The number of fused-ring (bicyclic) bond motifs is 4. The van der Waals surface area contributed by atoms with Crippen molar-refractivity contribution in [2.24, 2.45) is 5.92 Å². The summed E-state index contributed by atoms with van der Waals surface area (Å²) in [6.07, 6.45) is 3.51. The third kappa shape index (κ3) is 4.25. The monoisotopic (exact) mass is 764 g/mol. The van der Waals surface area contributed by atoms with Gasteiger partial charge >= 0.3 is 0 Å². The fourth-order valence-electron chi connectivity index (χ4n) is 6.08. The van der Waals surface area contributed by atoms with Crippen molar-refractivity contribution < 1.29 is 9.59 Å². The summed E-state index contributed by atoms with van der Waals surface area (Å²) in [6.45, 7) is 0. The Balaban J connectivity index is 1.56. The number of benzene rings is 3. The lowest BCUT2D eigenvalue weighted by atomic mass is 9.70. The maximum atomic E-state index is 14.3. The number of thioether (sulfide) groups is 1. The maximum absolute atomic E-state index is 14.3. The summed E-state index contributed by atoms with van der Waals surface area (Å²) in [5, 5.41) is 3.13. The molecular weight excluding hydrogens is 748 g/mol. The lowest BCUT2D eigenvalue weighted by Gasteiger charge is -2.36. The molecule has 0 radical (unpaired) electrons. The molecule has 4 nitrogen and oxygen atoms in total. The predicted octanol–water partition coefficient (Wildman–Crippen LogP) is 7.96. The molecule has 37 heavy (non-hydrogen) atoms. The molecule has 3 aromatic rings. The molecule has 3 aliphatic heterocycles. The second-order valence-corrected chi connectivity index (χ2v) is 14.0. The number of halogens is 4. The minimum atomic E-state index is -1.10. The summed E-state index contributed by atoms with van der Waals surface area (Å²) in [7, 11) is 0. The molecule has 9 heteroatoms. The van der Waals surface area contributed by atoms with Crippen LogP contribution in [0.3, 0.4) is 0 Å². The first-order valence-corrected chi connectivity index (χ1v) is 16.0. The molecule has 188 valence electrons. The molecule has 0 aromatic heterocycles. The average molecular weight is 768 g/mol. The highest BCUT2D eigenvalue weighted by atomic mass is 79.9. The number of hydrogen-bond acceptors (Lipinski definition) is 4. The van der Waals surface area contributed by atoms with Crippen LogP contribution in [-0.4, -0.2) is 34.3 Å². The Hall–Kier alpha value is -1.23. The van der Waals surface area contributed by atoms with E-state index in [0.717, 1.165) is 46.0 Å². The number of amides is 1. The van der Waals surface area contributed by atoms with E-state index in [1.807, 2.05) is 66.4 Å². The predicted molar refractivity (Wildman–Crippen MR) is 164 cm³/mol. The van der Waals surface area contributed by atoms with Crippen LogP contribution in [0.15, 0.2) is 84.6 Å². The summed E-state index contributed by atoms with van der Waals surface area (Å²) < 4.78 is 3.62. The molecule has 0 saturated carbocycles. The first-order valence-electron chi connectivity index (χ1n) is 11.7. The zero-order valence-corrected chi connectivity index (χ0v) is 26.4. The molecule has 3 heterocycles. The second-order valence-electron chi connectivity index (χ2n) is 9.42. The van der Waals surface area contributed by atoms with Crippen LogP contribution in [-0.2, 0) is 15.1 Å². The fourth-order valence-corrected chi connectivity index (χ4v) is 8.93. The summed E-state index contributed by atoms with van der Waals surface area (Å²) in [5.41, 5.74) is 2.49. The van der Waals surface area contributed by atoms with Gasteiger partial charge < -0.3 is 5.32 Å². The molecule has 1 spiro atoms. The minimum absolute atomic E-state index is 0.0478. The Morgan fingerprint density at radius 1 is 1.00 bits per heavy atom. The number of allylic oxidation sites excluding steroid dienone is 1. The maximum Gasteiger partial charge on any atom is 0.250 e. The van der Waals surface area contributed by atoms with Crippen LogP contribution in [0.2, 0.25) is 0 Å². The molecule has 1 amide bonds. The van der Waals surface area contributed by atoms with Crippen LogP contribution in [0, 0.1) is 5.92 Å². The number of rotatable bonds is 4. The van der Waals surface area contributed by atoms with Gasteiger partial charge in [-0.15, -0.1) is 11.8 Å². The number of ketones is 1. The highest BCUT2D eigenvalue weighted by Crippen LogP contribution is 2.61. The van der Waals surface area contributed by atoms with Crippen molar-refractivity contribution in [3.63, 3.8) is 0 Å². The van der Waals surface area contributed by atoms with Gasteiger partial charge in [-0.3, -0.25) is 14.5 Å². The second kappa shape index (κ2) is 10.1. The Morgan fingerprint density at radius 2 is 1.73 bits per heavy atom. The normalized spacial score (nSPS) is 26.6. The molecule has 1 N–H and O–H groups in total. The number of hydrogen-bond donors (Lipinski definition) is 1. The zero-order valence-electron chi connectivity index (χ0n) is 19.3. The van der Waals surface area contributed by atoms with Crippen molar-refractivity contribution in [2.45, 2.75) is 17.5 Å². The lowest BCUT2D eigenvalue weighted by Crippen LogP contribution is -2.52. The summed E-state index contributed by atoms with van der Waals surface area (Å²) in [4.78, 5) is 30.7. The average Bonchev–Trinajstić information content (AvgIpc) is 3.52. The van der Waals surface area contributed by atoms with Crippen molar-refractivity contribution in [3.05, 3.63) is 101 Å². The van der Waals surface area contributed by atoms with Crippen molar-refractivity contribution in [2.75, 3.05) is 16.9 Å². The smallest absolute Gasteiger partial charge is 0.250 e. The van der Waals surface area contributed by atoms with E-state index in [0.29, 0.717) is 5.88 Å². The molecule has 4 atom stereocenters. The highest BCUT2D eigenvalue weighted by molar-refractivity contribution is 9.13. The molecule has 1 unspecified atom stereocenters. The molecule has 3 aliphatic rings. The number of nitrogens with zero attached hydrogens (tertiary/aromatic N) is 1. The van der Waals surface area contributed by atoms with Crippen molar-refractivity contribution in [1.29, 1.82) is 0 Å². The van der Waals surface area contributed by atoms with Gasteiger partial charge in [0, 0.05) is 52.7 Å². The minimum Gasteiger partial charge on any atom is -0.324 e.